The number of fused-ring (bicyclic) bond motifs is 1. The molecule has 13 heteroatoms. The maximum atomic E-state index is 14.4. The summed E-state index contributed by atoms with van der Waals surface area (Å²) in [6.07, 6.45) is 0.504. The molecule has 4 amide bonds. The highest BCUT2D eigenvalue weighted by Gasteiger charge is 2.61. The Morgan fingerprint density at radius 2 is 1.83 bits per heavy atom. The van der Waals surface area contributed by atoms with Crippen molar-refractivity contribution in [3.8, 4) is 16.5 Å². The van der Waals surface area contributed by atoms with Gasteiger partial charge >= 0.3 is 6.09 Å². The van der Waals surface area contributed by atoms with E-state index in [1.165, 1.54) is 0 Å². The number of ether oxygens (including phenoxy) is 2. The fourth-order valence-electron chi connectivity index (χ4n) is 7.42. The third kappa shape index (κ3) is 7.47. The molecule has 1 saturated heterocycles. The number of thiazole rings is 1. The van der Waals surface area contributed by atoms with Gasteiger partial charge < -0.3 is 30.7 Å². The average molecular weight is 735 g/mol. The molecular formula is C39H54N6O6S. The number of aryl methyl sites for hydroxylation is 1. The lowest BCUT2D eigenvalue weighted by Crippen LogP contribution is -2.59. The minimum absolute atomic E-state index is 0.125. The van der Waals surface area contributed by atoms with Gasteiger partial charge in [-0.2, -0.15) is 0 Å². The van der Waals surface area contributed by atoms with Crippen molar-refractivity contribution in [3.05, 3.63) is 40.4 Å². The Morgan fingerprint density at radius 3 is 2.37 bits per heavy atom. The fraction of sp³-hybridized carbons (Fsp3) is 0.590. The van der Waals surface area contributed by atoms with Crippen molar-refractivity contribution in [3.63, 3.8) is 0 Å². The molecular weight excluding hydrogens is 681 g/mol. The molecule has 5 rings (SSSR count). The van der Waals surface area contributed by atoms with Gasteiger partial charge in [-0.1, -0.05) is 41.5 Å². The summed E-state index contributed by atoms with van der Waals surface area (Å²) in [6.45, 7) is 19.3. The first-order valence-corrected chi connectivity index (χ1v) is 19.0. The molecule has 2 aromatic heterocycles. The number of carbonyl (C=O) groups is 4. The van der Waals surface area contributed by atoms with Gasteiger partial charge in [-0.15, -0.1) is 11.3 Å². The Bertz CT molecular complexity index is 1880. The molecule has 282 valence electrons. The largest absolute Gasteiger partial charge is 0.496 e. The first-order valence-electron chi connectivity index (χ1n) is 18.1. The van der Waals surface area contributed by atoms with E-state index >= 15 is 0 Å². The Labute approximate surface area is 310 Å². The smallest absolute Gasteiger partial charge is 0.408 e. The predicted molar refractivity (Wildman–Crippen MR) is 202 cm³/mol. The lowest BCUT2D eigenvalue weighted by Gasteiger charge is -2.36. The van der Waals surface area contributed by atoms with Gasteiger partial charge in [0, 0.05) is 22.9 Å². The topological polar surface area (TPSA) is 166 Å². The Hall–Kier alpha value is -4.26. The fourth-order valence-corrected chi connectivity index (χ4v) is 8.36. The van der Waals surface area contributed by atoms with Gasteiger partial charge in [-0.25, -0.2) is 14.8 Å². The molecule has 3 heterocycles. The molecule has 2 fully saturated rings. The Kier molecular flexibility index (Phi) is 10.7. The van der Waals surface area contributed by atoms with Gasteiger partial charge in [-0.3, -0.25) is 14.4 Å². The van der Waals surface area contributed by atoms with Crippen molar-refractivity contribution in [2.45, 2.75) is 118 Å². The van der Waals surface area contributed by atoms with E-state index < -0.39 is 52.5 Å². The zero-order valence-corrected chi connectivity index (χ0v) is 33.1. The maximum absolute atomic E-state index is 14.4. The molecule has 1 aromatic carbocycles. The molecule has 5 atom stereocenters. The van der Waals surface area contributed by atoms with Crippen LogP contribution in [0.15, 0.2) is 23.6 Å². The minimum atomic E-state index is -1.16. The van der Waals surface area contributed by atoms with Crippen LogP contribution in [0.1, 0.15) is 97.9 Å². The molecule has 2 aliphatic rings. The summed E-state index contributed by atoms with van der Waals surface area (Å²) in [5.74, 6) is -0.787. The number of primary amides is 1. The number of benzene rings is 1. The summed E-state index contributed by atoms with van der Waals surface area (Å²) in [7, 11) is 1.64. The lowest BCUT2D eigenvalue weighted by molar-refractivity contribution is -0.143. The van der Waals surface area contributed by atoms with E-state index in [0.717, 1.165) is 44.2 Å². The van der Waals surface area contributed by atoms with Gasteiger partial charge in [0.2, 0.25) is 17.7 Å². The number of hydrogen-bond donors (Lipinski definition) is 3. The number of carbonyl (C=O) groups excluding carboxylic acids is 4. The summed E-state index contributed by atoms with van der Waals surface area (Å²) in [5, 5.41) is 9.50. The van der Waals surface area contributed by atoms with E-state index in [1.807, 2.05) is 39.8 Å². The minimum Gasteiger partial charge on any atom is -0.496 e. The number of methoxy groups -OCH3 is 1. The Balaban J connectivity index is 1.57. The summed E-state index contributed by atoms with van der Waals surface area (Å²) in [6, 6.07) is 4.12. The van der Waals surface area contributed by atoms with E-state index in [-0.39, 0.29) is 30.7 Å². The number of amides is 4. The van der Waals surface area contributed by atoms with Crippen LogP contribution in [-0.2, 0) is 25.5 Å². The summed E-state index contributed by atoms with van der Waals surface area (Å²) in [4.78, 5) is 65.7. The van der Waals surface area contributed by atoms with Crippen LogP contribution in [0.2, 0.25) is 0 Å². The first kappa shape index (κ1) is 39.0. The molecule has 12 nitrogen and oxygen atoms in total. The zero-order chi connectivity index (χ0) is 38.5. The summed E-state index contributed by atoms with van der Waals surface area (Å²) < 4.78 is 11.1. The van der Waals surface area contributed by atoms with Gasteiger partial charge in [0.1, 0.15) is 34.0 Å². The van der Waals surface area contributed by atoms with Crippen LogP contribution in [-0.4, -0.2) is 75.6 Å². The van der Waals surface area contributed by atoms with Crippen LogP contribution in [0.5, 0.6) is 5.75 Å². The van der Waals surface area contributed by atoms with Crippen LogP contribution in [0, 0.1) is 24.2 Å². The van der Waals surface area contributed by atoms with Gasteiger partial charge in [0.05, 0.1) is 24.0 Å². The number of rotatable bonds is 11. The number of aromatic nitrogens is 2. The number of pyridine rings is 1. The standard InChI is InChI=1S/C39H54N6O6S/c1-12-26(43-36(49)51-37(6,7)8)34(47)45-18-24(38(9,10)31(45)32(46)44-39(35(40)48)17-21(39)4)15-23-16-27(33-42-28(19-52-33)20(2)3)41-30-22(5)29(50-11)14-13-25(23)30/h13-14,16,19-21,24,26,31H,12,15,17-18H2,1-11H3,(H2,40,48)(H,43,49)(H,44,46). The molecule has 1 saturated carbocycles. The van der Waals surface area contributed by atoms with Crippen molar-refractivity contribution in [1.82, 2.24) is 25.5 Å². The van der Waals surface area contributed by atoms with Crippen LogP contribution in [0.25, 0.3) is 21.6 Å². The predicted octanol–water partition coefficient (Wildman–Crippen LogP) is 5.88. The van der Waals surface area contributed by atoms with Crippen LogP contribution in [0.3, 0.4) is 0 Å². The second-order valence-corrected chi connectivity index (χ2v) is 17.2. The van der Waals surface area contributed by atoms with Crippen molar-refractivity contribution in [2.75, 3.05) is 13.7 Å². The third-order valence-electron chi connectivity index (χ3n) is 10.8. The highest BCUT2D eigenvalue weighted by Crippen LogP contribution is 2.47. The number of nitrogens with one attached hydrogen (secondary N) is 2. The van der Waals surface area contributed by atoms with E-state index in [1.54, 1.807) is 51.0 Å². The summed E-state index contributed by atoms with van der Waals surface area (Å²) in [5.41, 5.74) is 7.53. The zero-order valence-electron chi connectivity index (χ0n) is 32.3. The highest BCUT2D eigenvalue weighted by molar-refractivity contribution is 7.13. The molecule has 52 heavy (non-hydrogen) atoms. The molecule has 4 N–H and O–H groups in total. The van der Waals surface area contributed by atoms with Crippen LogP contribution in [0.4, 0.5) is 4.79 Å². The van der Waals surface area contributed by atoms with Crippen molar-refractivity contribution < 1.29 is 28.7 Å². The first-order chi connectivity index (χ1) is 24.2. The molecule has 0 spiro atoms. The second-order valence-electron chi connectivity index (χ2n) is 16.3. The average Bonchev–Trinajstić information content (AvgIpc) is 3.36. The van der Waals surface area contributed by atoms with Crippen LogP contribution < -0.4 is 21.1 Å². The van der Waals surface area contributed by atoms with Gasteiger partial charge in [-0.05, 0) is 93.9 Å². The molecule has 0 bridgehead atoms. The van der Waals surface area contributed by atoms with Crippen molar-refractivity contribution in [1.29, 1.82) is 0 Å². The SMILES string of the molecule is CCC(NC(=O)OC(C)(C)C)C(=O)N1CC(Cc2cc(-c3nc(C(C)C)cs3)nc3c(C)c(OC)ccc23)C(C)(C)C1C(=O)NC1(C(N)=O)CC1C. The van der Waals surface area contributed by atoms with Crippen molar-refractivity contribution >= 4 is 46.1 Å². The van der Waals surface area contributed by atoms with E-state index in [4.69, 9.17) is 25.2 Å². The quantitative estimate of drug-likeness (QED) is 0.220. The maximum Gasteiger partial charge on any atom is 0.408 e. The van der Waals surface area contributed by atoms with E-state index in [9.17, 15) is 19.2 Å². The van der Waals surface area contributed by atoms with Crippen LogP contribution >= 0.6 is 11.3 Å². The van der Waals surface area contributed by atoms with E-state index in [2.05, 4.69) is 35.9 Å². The number of alkyl carbamates (subject to hydrolysis) is 1. The highest BCUT2D eigenvalue weighted by atomic mass is 32.1. The molecule has 3 aromatic rings. The number of nitrogens with two attached hydrogens (primary N) is 1. The van der Waals surface area contributed by atoms with E-state index in [0.29, 0.717) is 12.8 Å². The molecule has 5 unspecified atom stereocenters. The third-order valence-corrected chi connectivity index (χ3v) is 11.7. The Morgan fingerprint density at radius 1 is 1.15 bits per heavy atom. The van der Waals surface area contributed by atoms with Crippen molar-refractivity contribution in [2.24, 2.45) is 23.0 Å². The normalized spacial score (nSPS) is 23.0. The summed E-state index contributed by atoms with van der Waals surface area (Å²) >= 11 is 1.55. The van der Waals surface area contributed by atoms with Gasteiger partial charge in [0.15, 0.2) is 0 Å². The molecule has 0 radical (unpaired) electrons. The monoisotopic (exact) mass is 734 g/mol. The number of hydrogen-bond acceptors (Lipinski definition) is 9. The lowest BCUT2D eigenvalue weighted by atomic mass is 9.73. The number of likely N-dealkylation sites (tertiary alicyclic amines) is 1. The number of nitrogens with zero attached hydrogens (tertiary/aromatic N) is 3. The molecule has 1 aliphatic carbocycles. The second kappa shape index (κ2) is 14.3. The molecule has 1 aliphatic heterocycles. The van der Waals surface area contributed by atoms with Gasteiger partial charge in [0.25, 0.3) is 0 Å².